The number of hydrogen-bond donors (Lipinski definition) is 0. The molecule has 82 valence electrons. The van der Waals surface area contributed by atoms with Crippen molar-refractivity contribution in [1.82, 2.24) is 0 Å². The van der Waals surface area contributed by atoms with Crippen LogP contribution in [-0.2, 0) is 14.3 Å². The minimum atomic E-state index is -0.0799. The van der Waals surface area contributed by atoms with Crippen molar-refractivity contribution in [2.45, 2.75) is 58.8 Å². The number of ether oxygens (including phenoxy) is 2. The molecule has 0 saturated carbocycles. The molecule has 0 bridgehead atoms. The zero-order chi connectivity index (χ0) is 10.8. The molecular weight excluding hydrogens is 180 g/mol. The quantitative estimate of drug-likeness (QED) is 0.641. The van der Waals surface area contributed by atoms with Crippen LogP contribution in [0.2, 0.25) is 0 Å². The smallest absolute Gasteiger partial charge is 0.293 e. The summed E-state index contributed by atoms with van der Waals surface area (Å²) in [5.74, 6) is 0. The van der Waals surface area contributed by atoms with Crippen molar-refractivity contribution in [3.05, 3.63) is 0 Å². The Morgan fingerprint density at radius 3 is 2.50 bits per heavy atom. The third kappa shape index (κ3) is 2.71. The van der Waals surface area contributed by atoms with E-state index in [2.05, 4.69) is 27.7 Å². The number of rotatable bonds is 2. The first-order valence-electron chi connectivity index (χ1n) is 5.19. The molecule has 0 radical (unpaired) electrons. The Kier molecular flexibility index (Phi) is 3.53. The Morgan fingerprint density at radius 1 is 1.36 bits per heavy atom. The van der Waals surface area contributed by atoms with Crippen molar-refractivity contribution in [2.75, 3.05) is 0 Å². The van der Waals surface area contributed by atoms with E-state index in [9.17, 15) is 4.79 Å². The van der Waals surface area contributed by atoms with Crippen molar-refractivity contribution in [1.29, 1.82) is 0 Å². The Hall–Kier alpha value is -0.570. The van der Waals surface area contributed by atoms with E-state index in [1.807, 2.05) is 0 Å². The van der Waals surface area contributed by atoms with E-state index in [0.29, 0.717) is 6.47 Å². The lowest BCUT2D eigenvalue weighted by molar-refractivity contribution is -0.175. The van der Waals surface area contributed by atoms with Crippen LogP contribution < -0.4 is 0 Å². The maximum absolute atomic E-state index is 10.3. The van der Waals surface area contributed by atoms with Gasteiger partial charge in [-0.15, -0.1) is 0 Å². The summed E-state index contributed by atoms with van der Waals surface area (Å²) in [6.07, 6.45) is 2.07. The van der Waals surface area contributed by atoms with Gasteiger partial charge in [-0.25, -0.2) is 0 Å². The molecule has 1 rings (SSSR count). The monoisotopic (exact) mass is 200 g/mol. The maximum atomic E-state index is 10.3. The van der Waals surface area contributed by atoms with Crippen molar-refractivity contribution >= 4 is 6.47 Å². The van der Waals surface area contributed by atoms with Gasteiger partial charge in [-0.1, -0.05) is 20.8 Å². The van der Waals surface area contributed by atoms with Crippen LogP contribution in [0.25, 0.3) is 0 Å². The molecule has 0 aromatic heterocycles. The van der Waals surface area contributed by atoms with Gasteiger partial charge in [-0.05, 0) is 25.2 Å². The number of hydrogen-bond acceptors (Lipinski definition) is 3. The van der Waals surface area contributed by atoms with E-state index in [0.717, 1.165) is 12.8 Å². The fraction of sp³-hybridized carbons (Fsp3) is 0.909. The molecule has 0 spiro atoms. The fourth-order valence-corrected chi connectivity index (χ4v) is 1.93. The normalized spacial score (nSPS) is 33.9. The lowest BCUT2D eigenvalue weighted by Gasteiger charge is -2.41. The first-order chi connectivity index (χ1) is 6.45. The van der Waals surface area contributed by atoms with Crippen LogP contribution in [0.4, 0.5) is 0 Å². The van der Waals surface area contributed by atoms with Gasteiger partial charge in [0.2, 0.25) is 0 Å². The van der Waals surface area contributed by atoms with E-state index < -0.39 is 0 Å². The van der Waals surface area contributed by atoms with Gasteiger partial charge in [0.15, 0.2) is 0 Å². The highest BCUT2D eigenvalue weighted by Gasteiger charge is 2.38. The van der Waals surface area contributed by atoms with Gasteiger partial charge in [-0.2, -0.15) is 0 Å². The largest absolute Gasteiger partial charge is 0.462 e. The van der Waals surface area contributed by atoms with Crippen molar-refractivity contribution in [3.8, 4) is 0 Å². The molecule has 3 atom stereocenters. The average molecular weight is 200 g/mol. The molecule has 0 amide bonds. The number of carbonyl (C=O) groups is 1. The van der Waals surface area contributed by atoms with Crippen LogP contribution in [0.15, 0.2) is 0 Å². The minimum Gasteiger partial charge on any atom is -0.462 e. The molecule has 0 aromatic rings. The third-order valence-corrected chi connectivity index (χ3v) is 2.66. The summed E-state index contributed by atoms with van der Waals surface area (Å²) in [5, 5.41) is 0. The Balaban J connectivity index is 2.68. The van der Waals surface area contributed by atoms with Gasteiger partial charge in [0, 0.05) is 0 Å². The van der Waals surface area contributed by atoms with Crippen molar-refractivity contribution in [3.63, 3.8) is 0 Å². The molecule has 1 aliphatic heterocycles. The molecule has 1 aliphatic rings. The van der Waals surface area contributed by atoms with Crippen molar-refractivity contribution < 1.29 is 14.3 Å². The summed E-state index contributed by atoms with van der Waals surface area (Å²) in [6.45, 7) is 8.92. The van der Waals surface area contributed by atoms with E-state index in [-0.39, 0.29) is 23.7 Å². The summed E-state index contributed by atoms with van der Waals surface area (Å²) in [5.41, 5.74) is 0.0162. The molecule has 3 heteroatoms. The molecule has 3 nitrogen and oxygen atoms in total. The van der Waals surface area contributed by atoms with Crippen LogP contribution in [0.1, 0.15) is 40.5 Å². The Bertz CT molecular complexity index is 195. The summed E-state index contributed by atoms with van der Waals surface area (Å²) < 4.78 is 10.9. The summed E-state index contributed by atoms with van der Waals surface area (Å²) in [4.78, 5) is 10.3. The highest BCUT2D eigenvalue weighted by Crippen LogP contribution is 2.33. The van der Waals surface area contributed by atoms with E-state index in [1.165, 1.54) is 0 Å². The molecule has 1 saturated heterocycles. The second-order valence-corrected chi connectivity index (χ2v) is 5.08. The topological polar surface area (TPSA) is 35.5 Å². The fourth-order valence-electron chi connectivity index (χ4n) is 1.93. The first-order valence-corrected chi connectivity index (χ1v) is 5.19. The highest BCUT2D eigenvalue weighted by molar-refractivity contribution is 5.37. The summed E-state index contributed by atoms with van der Waals surface area (Å²) in [6, 6.07) is 0. The van der Waals surface area contributed by atoms with Crippen molar-refractivity contribution in [2.24, 2.45) is 5.41 Å². The molecular formula is C11H20O3. The lowest BCUT2D eigenvalue weighted by Crippen LogP contribution is -2.47. The highest BCUT2D eigenvalue weighted by atomic mass is 16.6. The van der Waals surface area contributed by atoms with E-state index >= 15 is 0 Å². The summed E-state index contributed by atoms with van der Waals surface area (Å²) in [7, 11) is 0. The predicted molar refractivity (Wildman–Crippen MR) is 54.0 cm³/mol. The Labute approximate surface area is 85.8 Å². The van der Waals surface area contributed by atoms with Gasteiger partial charge in [0.05, 0.1) is 12.2 Å². The molecule has 0 N–H and O–H groups in total. The van der Waals surface area contributed by atoms with Crippen LogP contribution in [0.3, 0.4) is 0 Å². The molecule has 1 fully saturated rings. The van der Waals surface area contributed by atoms with Crippen LogP contribution >= 0.6 is 0 Å². The second-order valence-electron chi connectivity index (χ2n) is 5.08. The SMILES string of the molecule is CC1CCC(OC=O)C(C(C)(C)C)O1. The molecule has 1 heterocycles. The first kappa shape index (κ1) is 11.5. The third-order valence-electron chi connectivity index (χ3n) is 2.66. The second kappa shape index (κ2) is 4.30. The zero-order valence-electron chi connectivity index (χ0n) is 9.45. The van der Waals surface area contributed by atoms with E-state index in [1.54, 1.807) is 0 Å². The van der Waals surface area contributed by atoms with Gasteiger partial charge in [-0.3, -0.25) is 4.79 Å². The minimum absolute atomic E-state index is 0.0106. The van der Waals surface area contributed by atoms with Crippen LogP contribution in [0, 0.1) is 5.41 Å². The number of carbonyl (C=O) groups excluding carboxylic acids is 1. The van der Waals surface area contributed by atoms with Gasteiger partial charge in [0.1, 0.15) is 6.10 Å². The molecule has 3 unspecified atom stereocenters. The Morgan fingerprint density at radius 2 is 2.00 bits per heavy atom. The molecule has 14 heavy (non-hydrogen) atoms. The summed E-state index contributed by atoms with van der Waals surface area (Å²) >= 11 is 0. The molecule has 0 aromatic carbocycles. The lowest BCUT2D eigenvalue weighted by atomic mass is 9.82. The van der Waals surface area contributed by atoms with Crippen LogP contribution in [-0.4, -0.2) is 24.8 Å². The van der Waals surface area contributed by atoms with Crippen LogP contribution in [0.5, 0.6) is 0 Å². The molecule has 0 aliphatic carbocycles. The van der Waals surface area contributed by atoms with Gasteiger partial charge in [0.25, 0.3) is 6.47 Å². The average Bonchev–Trinajstić information content (AvgIpc) is 2.07. The zero-order valence-corrected chi connectivity index (χ0v) is 9.45. The van der Waals surface area contributed by atoms with Gasteiger partial charge >= 0.3 is 0 Å². The predicted octanol–water partition coefficient (Wildman–Crippen LogP) is 2.14. The van der Waals surface area contributed by atoms with E-state index in [4.69, 9.17) is 9.47 Å². The maximum Gasteiger partial charge on any atom is 0.293 e. The van der Waals surface area contributed by atoms with Gasteiger partial charge < -0.3 is 9.47 Å². The standard InChI is InChI=1S/C11H20O3/c1-8-5-6-9(13-7-12)10(14-8)11(2,3)4/h7-10H,5-6H2,1-4H3.